The number of nitrogens with one attached hydrogen (secondary N) is 1. The van der Waals surface area contributed by atoms with Crippen molar-refractivity contribution in [3.05, 3.63) is 17.8 Å². The highest BCUT2D eigenvalue weighted by atomic mass is 16.2. The van der Waals surface area contributed by atoms with E-state index in [0.29, 0.717) is 0 Å². The van der Waals surface area contributed by atoms with Crippen LogP contribution in [0.1, 0.15) is 10.5 Å². The number of hydrogen-bond acceptors (Lipinski definition) is 6. The molecule has 2 rings (SSSR count). The Morgan fingerprint density at radius 2 is 1.88 bits per heavy atom. The first-order valence-electron chi connectivity index (χ1n) is 4.77. The SMILES string of the molecule is Nc1ccc(C(=O)N2CC(=O)NC(=O)C2)nn1. The van der Waals surface area contributed by atoms with Crippen molar-refractivity contribution >= 4 is 23.5 Å². The lowest BCUT2D eigenvalue weighted by Gasteiger charge is -2.24. The molecule has 88 valence electrons. The van der Waals surface area contributed by atoms with E-state index in [2.05, 4.69) is 15.5 Å². The molecule has 0 bridgehead atoms. The molecule has 3 amide bonds. The number of anilines is 1. The van der Waals surface area contributed by atoms with Crippen LogP contribution in [0, 0.1) is 0 Å². The average Bonchev–Trinajstić information content (AvgIpc) is 2.28. The van der Waals surface area contributed by atoms with Crippen LogP contribution in [0.15, 0.2) is 12.1 Å². The largest absolute Gasteiger partial charge is 0.382 e. The van der Waals surface area contributed by atoms with Crippen molar-refractivity contribution in [2.75, 3.05) is 18.8 Å². The third kappa shape index (κ3) is 2.36. The van der Waals surface area contributed by atoms with Crippen molar-refractivity contribution in [1.82, 2.24) is 20.4 Å². The fraction of sp³-hybridized carbons (Fsp3) is 0.222. The molecule has 0 saturated carbocycles. The summed E-state index contributed by atoms with van der Waals surface area (Å²) in [6.07, 6.45) is 0. The molecule has 0 spiro atoms. The van der Waals surface area contributed by atoms with Gasteiger partial charge in [-0.3, -0.25) is 19.7 Å². The normalized spacial score (nSPS) is 15.6. The molecule has 1 saturated heterocycles. The highest BCUT2D eigenvalue weighted by molar-refractivity contribution is 6.05. The summed E-state index contributed by atoms with van der Waals surface area (Å²) >= 11 is 0. The van der Waals surface area contributed by atoms with E-state index in [-0.39, 0.29) is 24.6 Å². The summed E-state index contributed by atoms with van der Waals surface area (Å²) in [5.74, 6) is -1.37. The summed E-state index contributed by atoms with van der Waals surface area (Å²) < 4.78 is 0. The first-order valence-corrected chi connectivity index (χ1v) is 4.77. The zero-order valence-electron chi connectivity index (χ0n) is 8.71. The van der Waals surface area contributed by atoms with Crippen LogP contribution in [0.3, 0.4) is 0 Å². The molecule has 8 nitrogen and oxygen atoms in total. The molecule has 0 aliphatic carbocycles. The second-order valence-electron chi connectivity index (χ2n) is 3.48. The lowest BCUT2D eigenvalue weighted by atomic mass is 10.3. The van der Waals surface area contributed by atoms with E-state index in [1.807, 2.05) is 0 Å². The average molecular weight is 235 g/mol. The van der Waals surface area contributed by atoms with Crippen LogP contribution in [0.25, 0.3) is 0 Å². The zero-order valence-corrected chi connectivity index (χ0v) is 8.71. The van der Waals surface area contributed by atoms with Gasteiger partial charge in [0, 0.05) is 0 Å². The predicted molar refractivity (Wildman–Crippen MR) is 55.5 cm³/mol. The van der Waals surface area contributed by atoms with Crippen molar-refractivity contribution in [2.45, 2.75) is 0 Å². The van der Waals surface area contributed by atoms with E-state index < -0.39 is 17.7 Å². The Morgan fingerprint density at radius 3 is 2.41 bits per heavy atom. The van der Waals surface area contributed by atoms with E-state index in [1.165, 1.54) is 12.1 Å². The first-order chi connectivity index (χ1) is 8.06. The van der Waals surface area contributed by atoms with Crippen molar-refractivity contribution in [2.24, 2.45) is 0 Å². The monoisotopic (exact) mass is 235 g/mol. The fourth-order valence-electron chi connectivity index (χ4n) is 1.40. The minimum absolute atomic E-state index is 0.0432. The van der Waals surface area contributed by atoms with Gasteiger partial charge in [-0.15, -0.1) is 10.2 Å². The van der Waals surface area contributed by atoms with Gasteiger partial charge >= 0.3 is 0 Å². The molecule has 1 aliphatic rings. The summed E-state index contributed by atoms with van der Waals surface area (Å²) in [6, 6.07) is 2.81. The topological polar surface area (TPSA) is 118 Å². The molecular formula is C9H9N5O3. The van der Waals surface area contributed by atoms with Crippen LogP contribution in [0.5, 0.6) is 0 Å². The van der Waals surface area contributed by atoms with Gasteiger partial charge in [0.05, 0.1) is 0 Å². The summed E-state index contributed by atoms with van der Waals surface area (Å²) in [5.41, 5.74) is 5.38. The fourth-order valence-corrected chi connectivity index (χ4v) is 1.40. The van der Waals surface area contributed by atoms with Crippen LogP contribution < -0.4 is 11.1 Å². The smallest absolute Gasteiger partial charge is 0.275 e. The van der Waals surface area contributed by atoms with Gasteiger partial charge in [-0.25, -0.2) is 0 Å². The van der Waals surface area contributed by atoms with E-state index in [1.54, 1.807) is 0 Å². The lowest BCUT2D eigenvalue weighted by Crippen LogP contribution is -2.53. The molecule has 1 aliphatic heterocycles. The number of carbonyl (C=O) groups excluding carboxylic acids is 3. The number of nitrogens with zero attached hydrogens (tertiary/aromatic N) is 3. The zero-order chi connectivity index (χ0) is 12.4. The Morgan fingerprint density at radius 1 is 1.24 bits per heavy atom. The number of amides is 3. The molecule has 0 atom stereocenters. The highest BCUT2D eigenvalue weighted by Crippen LogP contribution is 2.04. The summed E-state index contributed by atoms with van der Waals surface area (Å²) in [5, 5.41) is 9.22. The van der Waals surface area contributed by atoms with Crippen molar-refractivity contribution in [3.8, 4) is 0 Å². The molecule has 0 unspecified atom stereocenters. The minimum atomic E-state index is -0.527. The Bertz CT molecular complexity index is 468. The molecule has 2 heterocycles. The quantitative estimate of drug-likeness (QED) is 0.552. The number of aromatic nitrogens is 2. The number of nitrogens with two attached hydrogens (primary N) is 1. The Labute approximate surface area is 95.8 Å². The van der Waals surface area contributed by atoms with Crippen LogP contribution in [0.4, 0.5) is 5.82 Å². The standard InChI is InChI=1S/C9H9N5O3/c10-6-2-1-5(12-13-6)9(17)14-3-7(15)11-8(16)4-14/h1-2H,3-4H2,(H2,10,13)(H,11,15,16). The lowest BCUT2D eigenvalue weighted by molar-refractivity contribution is -0.135. The van der Waals surface area contributed by atoms with Crippen LogP contribution in [-0.2, 0) is 9.59 Å². The van der Waals surface area contributed by atoms with Gasteiger partial charge in [0.25, 0.3) is 5.91 Å². The summed E-state index contributed by atoms with van der Waals surface area (Å²) in [6.45, 7) is -0.340. The maximum absolute atomic E-state index is 11.9. The number of nitrogen functional groups attached to an aromatic ring is 1. The predicted octanol–water partition coefficient (Wildman–Crippen LogP) is -1.84. The van der Waals surface area contributed by atoms with Gasteiger partial charge in [0.1, 0.15) is 18.9 Å². The van der Waals surface area contributed by atoms with Crippen LogP contribution in [0.2, 0.25) is 0 Å². The first kappa shape index (κ1) is 11.0. The third-order valence-electron chi connectivity index (χ3n) is 2.14. The third-order valence-corrected chi connectivity index (χ3v) is 2.14. The van der Waals surface area contributed by atoms with Crippen molar-refractivity contribution in [1.29, 1.82) is 0 Å². The highest BCUT2D eigenvalue weighted by Gasteiger charge is 2.27. The van der Waals surface area contributed by atoms with Gasteiger partial charge in [-0.05, 0) is 12.1 Å². The number of hydrogen-bond donors (Lipinski definition) is 2. The van der Waals surface area contributed by atoms with E-state index in [9.17, 15) is 14.4 Å². The molecular weight excluding hydrogens is 226 g/mol. The van der Waals surface area contributed by atoms with E-state index in [0.717, 1.165) is 4.90 Å². The maximum atomic E-state index is 11.9. The van der Waals surface area contributed by atoms with Gasteiger partial charge in [-0.1, -0.05) is 0 Å². The van der Waals surface area contributed by atoms with Gasteiger partial charge in [0.15, 0.2) is 5.69 Å². The van der Waals surface area contributed by atoms with Crippen molar-refractivity contribution < 1.29 is 14.4 Å². The van der Waals surface area contributed by atoms with Gasteiger partial charge in [0.2, 0.25) is 11.8 Å². The second-order valence-corrected chi connectivity index (χ2v) is 3.48. The second kappa shape index (κ2) is 4.16. The molecule has 0 aromatic carbocycles. The number of rotatable bonds is 1. The van der Waals surface area contributed by atoms with Crippen LogP contribution in [-0.4, -0.2) is 45.9 Å². The minimum Gasteiger partial charge on any atom is -0.382 e. The number of carbonyl (C=O) groups is 3. The Kier molecular flexibility index (Phi) is 2.69. The van der Waals surface area contributed by atoms with Gasteiger partial charge in [-0.2, -0.15) is 0 Å². The molecule has 0 radical (unpaired) electrons. The molecule has 1 fully saturated rings. The number of imide groups is 1. The Balaban J connectivity index is 2.17. The summed E-state index contributed by atoms with van der Waals surface area (Å²) in [7, 11) is 0. The van der Waals surface area contributed by atoms with E-state index >= 15 is 0 Å². The Hall–Kier alpha value is -2.51. The molecule has 1 aromatic rings. The van der Waals surface area contributed by atoms with Crippen LogP contribution >= 0.6 is 0 Å². The molecule has 17 heavy (non-hydrogen) atoms. The van der Waals surface area contributed by atoms with Crippen molar-refractivity contribution in [3.63, 3.8) is 0 Å². The molecule has 3 N–H and O–H groups in total. The summed E-state index contributed by atoms with van der Waals surface area (Å²) in [4.78, 5) is 35.1. The molecule has 8 heteroatoms. The van der Waals surface area contributed by atoms with E-state index in [4.69, 9.17) is 5.73 Å². The van der Waals surface area contributed by atoms with Gasteiger partial charge < -0.3 is 10.6 Å². The molecule has 1 aromatic heterocycles. The number of piperazine rings is 1. The maximum Gasteiger partial charge on any atom is 0.275 e.